The molecule has 1 aliphatic rings. The van der Waals surface area contributed by atoms with Gasteiger partial charge in [-0.05, 0) is 56.0 Å². The lowest BCUT2D eigenvalue weighted by Gasteiger charge is -2.30. The standard InChI is InChI=1S/C27H30N6O/c1-3-25(33-10-6-5-7-11-33)20-14-24(29-16-20)27-22-13-18(8-9-23(22)31-32-27)19-12-21(17-28-15-19)30-26(34)4-2/h3,8-9,12-17,29H,4-7,10-11H2,1-2H3,(H,30,34)(H,31,32)/b25-3+. The van der Waals surface area contributed by atoms with Gasteiger partial charge in [-0.25, -0.2) is 0 Å². The summed E-state index contributed by atoms with van der Waals surface area (Å²) in [5.74, 6) is -0.0286. The molecule has 1 aliphatic heterocycles. The van der Waals surface area contributed by atoms with Crippen LogP contribution in [-0.2, 0) is 4.79 Å². The van der Waals surface area contributed by atoms with E-state index in [1.807, 2.05) is 31.3 Å². The summed E-state index contributed by atoms with van der Waals surface area (Å²) < 4.78 is 0. The van der Waals surface area contributed by atoms with E-state index < -0.39 is 0 Å². The molecule has 4 aromatic rings. The molecular formula is C27H30N6O. The van der Waals surface area contributed by atoms with Crippen molar-refractivity contribution in [2.45, 2.75) is 39.5 Å². The minimum atomic E-state index is -0.0286. The second kappa shape index (κ2) is 9.55. The Morgan fingerprint density at radius 3 is 2.76 bits per heavy atom. The average molecular weight is 455 g/mol. The molecule has 174 valence electrons. The highest BCUT2D eigenvalue weighted by Crippen LogP contribution is 2.32. The molecule has 3 aromatic heterocycles. The van der Waals surface area contributed by atoms with E-state index in [-0.39, 0.29) is 5.91 Å². The Morgan fingerprint density at radius 2 is 1.97 bits per heavy atom. The molecule has 0 unspecified atom stereocenters. The number of hydrogen-bond acceptors (Lipinski definition) is 4. The molecule has 1 amide bonds. The van der Waals surface area contributed by atoms with Gasteiger partial charge in [-0.2, -0.15) is 5.10 Å². The fourth-order valence-corrected chi connectivity index (χ4v) is 4.66. The molecule has 0 radical (unpaired) electrons. The number of piperidine rings is 1. The molecule has 4 heterocycles. The zero-order valence-electron chi connectivity index (χ0n) is 19.7. The number of amides is 1. The Balaban J connectivity index is 1.47. The second-order valence-corrected chi connectivity index (χ2v) is 8.72. The van der Waals surface area contributed by atoms with Gasteiger partial charge >= 0.3 is 0 Å². The Kier molecular flexibility index (Phi) is 6.16. The minimum Gasteiger partial charge on any atom is -0.371 e. The second-order valence-electron chi connectivity index (χ2n) is 8.72. The number of aromatic nitrogens is 4. The first kappa shape index (κ1) is 21.9. The average Bonchev–Trinajstić information content (AvgIpc) is 3.52. The van der Waals surface area contributed by atoms with Crippen molar-refractivity contribution in [2.24, 2.45) is 0 Å². The van der Waals surface area contributed by atoms with Crippen LogP contribution in [0.2, 0.25) is 0 Å². The number of benzene rings is 1. The van der Waals surface area contributed by atoms with E-state index in [1.165, 1.54) is 30.5 Å². The third kappa shape index (κ3) is 4.33. The smallest absolute Gasteiger partial charge is 0.224 e. The van der Waals surface area contributed by atoms with Crippen LogP contribution < -0.4 is 5.32 Å². The lowest BCUT2D eigenvalue weighted by molar-refractivity contribution is -0.115. The lowest BCUT2D eigenvalue weighted by atomic mass is 10.0. The maximum Gasteiger partial charge on any atom is 0.224 e. The van der Waals surface area contributed by atoms with Crippen molar-refractivity contribution in [2.75, 3.05) is 18.4 Å². The van der Waals surface area contributed by atoms with Crippen LogP contribution in [0.5, 0.6) is 0 Å². The molecule has 5 rings (SSSR count). The van der Waals surface area contributed by atoms with Gasteiger partial charge in [-0.3, -0.25) is 14.9 Å². The van der Waals surface area contributed by atoms with E-state index in [9.17, 15) is 4.79 Å². The number of hydrogen-bond donors (Lipinski definition) is 3. The number of anilines is 1. The number of allylic oxidation sites excluding steroid dienone is 1. The van der Waals surface area contributed by atoms with E-state index in [1.54, 1.807) is 6.20 Å². The zero-order valence-corrected chi connectivity index (χ0v) is 19.7. The number of rotatable bonds is 6. The van der Waals surface area contributed by atoms with Gasteiger partial charge in [-0.15, -0.1) is 0 Å². The van der Waals surface area contributed by atoms with E-state index in [0.29, 0.717) is 12.1 Å². The van der Waals surface area contributed by atoms with E-state index in [2.05, 4.69) is 61.7 Å². The van der Waals surface area contributed by atoms with Crippen LogP contribution in [0.4, 0.5) is 5.69 Å². The molecular weight excluding hydrogens is 424 g/mol. The SMILES string of the molecule is C/C=C(\c1c[nH]c(-c2n[nH]c3ccc(-c4cncc(NC(=O)CC)c4)cc23)c1)N1CCCCC1. The van der Waals surface area contributed by atoms with Crippen molar-refractivity contribution in [3.63, 3.8) is 0 Å². The van der Waals surface area contributed by atoms with Crippen molar-refractivity contribution in [3.05, 3.63) is 60.6 Å². The van der Waals surface area contributed by atoms with Gasteiger partial charge in [0, 0.05) is 54.1 Å². The zero-order chi connectivity index (χ0) is 23.5. The van der Waals surface area contributed by atoms with Crippen LogP contribution in [0, 0.1) is 0 Å². The maximum absolute atomic E-state index is 11.8. The Morgan fingerprint density at radius 1 is 1.12 bits per heavy atom. The van der Waals surface area contributed by atoms with Crippen LogP contribution in [0.1, 0.15) is 45.1 Å². The number of likely N-dealkylation sites (tertiary alicyclic amines) is 1. The number of aromatic amines is 2. The number of H-pyrrole nitrogens is 2. The third-order valence-corrected chi connectivity index (χ3v) is 6.44. The van der Waals surface area contributed by atoms with Crippen molar-refractivity contribution in [1.29, 1.82) is 0 Å². The first-order chi connectivity index (χ1) is 16.7. The molecule has 7 heteroatoms. The summed E-state index contributed by atoms with van der Waals surface area (Å²) in [5.41, 5.74) is 7.97. The Bertz CT molecular complexity index is 1340. The summed E-state index contributed by atoms with van der Waals surface area (Å²) in [7, 11) is 0. The van der Waals surface area contributed by atoms with Crippen molar-refractivity contribution in [3.8, 4) is 22.5 Å². The Hall–Kier alpha value is -3.87. The number of carbonyl (C=O) groups excluding carboxylic acids is 1. The van der Waals surface area contributed by atoms with Gasteiger partial charge in [0.1, 0.15) is 5.69 Å². The number of pyridine rings is 1. The first-order valence-electron chi connectivity index (χ1n) is 12.0. The number of fused-ring (bicyclic) bond motifs is 1. The van der Waals surface area contributed by atoms with Gasteiger partial charge < -0.3 is 15.2 Å². The fraction of sp³-hybridized carbons (Fsp3) is 0.296. The lowest BCUT2D eigenvalue weighted by Crippen LogP contribution is -2.28. The van der Waals surface area contributed by atoms with Crippen LogP contribution in [0.3, 0.4) is 0 Å². The number of carbonyl (C=O) groups is 1. The summed E-state index contributed by atoms with van der Waals surface area (Å²) in [6, 6.07) is 10.3. The molecule has 0 saturated carbocycles. The minimum absolute atomic E-state index is 0.0286. The molecule has 1 saturated heterocycles. The topological polar surface area (TPSA) is 89.7 Å². The van der Waals surface area contributed by atoms with Gasteiger partial charge in [0.2, 0.25) is 5.91 Å². The van der Waals surface area contributed by atoms with Gasteiger partial charge in [0.25, 0.3) is 0 Å². The molecule has 3 N–H and O–H groups in total. The summed E-state index contributed by atoms with van der Waals surface area (Å²) in [5, 5.41) is 11.7. The van der Waals surface area contributed by atoms with Crippen LogP contribution in [-0.4, -0.2) is 44.1 Å². The first-order valence-corrected chi connectivity index (χ1v) is 12.0. The molecule has 7 nitrogen and oxygen atoms in total. The molecule has 1 aromatic carbocycles. The van der Waals surface area contributed by atoms with Crippen LogP contribution in [0.25, 0.3) is 39.1 Å². The van der Waals surface area contributed by atoms with Crippen molar-refractivity contribution >= 4 is 28.2 Å². The molecule has 34 heavy (non-hydrogen) atoms. The number of nitrogens with zero attached hydrogens (tertiary/aromatic N) is 3. The predicted molar refractivity (Wildman–Crippen MR) is 137 cm³/mol. The predicted octanol–water partition coefficient (Wildman–Crippen LogP) is 5.82. The van der Waals surface area contributed by atoms with E-state index in [4.69, 9.17) is 0 Å². The van der Waals surface area contributed by atoms with Gasteiger partial charge in [0.05, 0.1) is 23.1 Å². The van der Waals surface area contributed by atoms with Crippen molar-refractivity contribution < 1.29 is 4.79 Å². The maximum atomic E-state index is 11.8. The summed E-state index contributed by atoms with van der Waals surface area (Å²) in [6.45, 7) is 6.16. The molecule has 0 atom stereocenters. The molecule has 0 bridgehead atoms. The number of nitrogens with one attached hydrogen (secondary N) is 3. The van der Waals surface area contributed by atoms with Crippen LogP contribution in [0.15, 0.2) is 55.0 Å². The summed E-state index contributed by atoms with van der Waals surface area (Å²) in [6.07, 6.45) is 12.0. The molecule has 0 spiro atoms. The highest BCUT2D eigenvalue weighted by atomic mass is 16.1. The summed E-state index contributed by atoms with van der Waals surface area (Å²) in [4.78, 5) is 22.0. The van der Waals surface area contributed by atoms with E-state index >= 15 is 0 Å². The quantitative estimate of drug-likeness (QED) is 0.343. The summed E-state index contributed by atoms with van der Waals surface area (Å²) >= 11 is 0. The fourth-order valence-electron chi connectivity index (χ4n) is 4.66. The van der Waals surface area contributed by atoms with E-state index in [0.717, 1.165) is 46.5 Å². The van der Waals surface area contributed by atoms with Crippen molar-refractivity contribution in [1.82, 2.24) is 25.1 Å². The normalized spacial score (nSPS) is 14.5. The highest BCUT2D eigenvalue weighted by Gasteiger charge is 2.17. The Labute approximate surface area is 199 Å². The van der Waals surface area contributed by atoms with Gasteiger partial charge in [0.15, 0.2) is 0 Å². The third-order valence-electron chi connectivity index (χ3n) is 6.44. The molecule has 0 aliphatic carbocycles. The molecule has 1 fully saturated rings. The highest BCUT2D eigenvalue weighted by molar-refractivity contribution is 5.96. The van der Waals surface area contributed by atoms with Crippen LogP contribution >= 0.6 is 0 Å². The monoisotopic (exact) mass is 454 g/mol. The largest absolute Gasteiger partial charge is 0.371 e. The van der Waals surface area contributed by atoms with Gasteiger partial charge in [-0.1, -0.05) is 19.1 Å².